The van der Waals surface area contributed by atoms with Crippen LogP contribution in [0.1, 0.15) is 200 Å². The van der Waals surface area contributed by atoms with E-state index >= 15 is 0 Å². The number of allylic oxidation sites excluding steroid dienone is 2. The second kappa shape index (κ2) is 34.0. The molecule has 0 saturated heterocycles. The van der Waals surface area contributed by atoms with Crippen molar-refractivity contribution in [2.24, 2.45) is 0 Å². The Morgan fingerprint density at radius 2 is 0.930 bits per heavy atom. The van der Waals surface area contributed by atoms with Gasteiger partial charge in [0.15, 0.2) is 0 Å². The van der Waals surface area contributed by atoms with Gasteiger partial charge in [0.2, 0.25) is 5.91 Å². The zero-order valence-corrected chi connectivity index (χ0v) is 28.8. The van der Waals surface area contributed by atoms with Crippen molar-refractivity contribution in [2.45, 2.75) is 218 Å². The van der Waals surface area contributed by atoms with Crippen LogP contribution in [0.25, 0.3) is 0 Å². The predicted octanol–water partition coefficient (Wildman–Crippen LogP) is 10.1. The first kappa shape index (κ1) is 42.1. The van der Waals surface area contributed by atoms with Gasteiger partial charge in [-0.3, -0.25) is 4.79 Å². The van der Waals surface area contributed by atoms with Gasteiger partial charge in [0, 0.05) is 0 Å². The fourth-order valence-corrected chi connectivity index (χ4v) is 5.87. The second-order valence-corrected chi connectivity index (χ2v) is 13.2. The molecule has 0 aliphatic rings. The fourth-order valence-electron chi connectivity index (χ4n) is 5.87. The van der Waals surface area contributed by atoms with Crippen LogP contribution < -0.4 is 5.32 Å². The highest BCUT2D eigenvalue weighted by atomic mass is 16.3. The third-order valence-electron chi connectivity index (χ3n) is 8.83. The third-order valence-corrected chi connectivity index (χ3v) is 8.83. The molecular formula is C38H75NO4. The first-order valence-corrected chi connectivity index (χ1v) is 19.0. The van der Waals surface area contributed by atoms with E-state index in [1.165, 1.54) is 128 Å². The first-order chi connectivity index (χ1) is 21.0. The zero-order valence-electron chi connectivity index (χ0n) is 28.8. The maximum atomic E-state index is 12.4. The highest BCUT2D eigenvalue weighted by Crippen LogP contribution is 2.15. The van der Waals surface area contributed by atoms with Gasteiger partial charge in [-0.15, -0.1) is 0 Å². The number of carbonyl (C=O) groups is 1. The number of unbranched alkanes of at least 4 members (excludes halogenated alkanes) is 23. The van der Waals surface area contributed by atoms with Crippen molar-refractivity contribution >= 4 is 5.91 Å². The maximum absolute atomic E-state index is 12.4. The lowest BCUT2D eigenvalue weighted by Gasteiger charge is -2.23. The average molecular weight is 610 g/mol. The largest absolute Gasteiger partial charge is 0.394 e. The molecule has 0 saturated carbocycles. The fraction of sp³-hybridized carbons (Fsp3) is 0.921. The Balaban J connectivity index is 3.68. The molecule has 0 fully saturated rings. The Morgan fingerprint density at radius 3 is 1.37 bits per heavy atom. The van der Waals surface area contributed by atoms with Gasteiger partial charge in [-0.25, -0.2) is 0 Å². The molecule has 1 amide bonds. The summed E-state index contributed by atoms with van der Waals surface area (Å²) in [5.74, 6) is -0.292. The van der Waals surface area contributed by atoms with Crippen molar-refractivity contribution in [3.05, 3.63) is 12.2 Å². The van der Waals surface area contributed by atoms with Crippen molar-refractivity contribution < 1.29 is 20.1 Å². The van der Waals surface area contributed by atoms with Crippen molar-refractivity contribution in [3.63, 3.8) is 0 Å². The summed E-state index contributed by atoms with van der Waals surface area (Å²) in [6.45, 7) is 4.24. The van der Waals surface area contributed by atoms with Crippen molar-refractivity contribution in [1.82, 2.24) is 5.32 Å². The van der Waals surface area contributed by atoms with Crippen LogP contribution in [-0.2, 0) is 4.79 Å². The number of nitrogens with one attached hydrogen (secondary N) is 1. The molecule has 0 aromatic rings. The molecule has 43 heavy (non-hydrogen) atoms. The number of aliphatic hydroxyl groups is 3. The topological polar surface area (TPSA) is 89.8 Å². The molecule has 4 N–H and O–H groups in total. The third kappa shape index (κ3) is 30.9. The Hall–Kier alpha value is -0.910. The molecule has 0 aliphatic carbocycles. The molecule has 5 heteroatoms. The average Bonchev–Trinajstić information content (AvgIpc) is 3.00. The molecule has 0 rings (SSSR count). The van der Waals surface area contributed by atoms with E-state index in [-0.39, 0.29) is 18.9 Å². The highest BCUT2D eigenvalue weighted by Gasteiger charge is 2.21. The summed E-state index contributed by atoms with van der Waals surface area (Å²) < 4.78 is 0. The Morgan fingerprint density at radius 1 is 0.558 bits per heavy atom. The monoisotopic (exact) mass is 610 g/mol. The lowest BCUT2D eigenvalue weighted by molar-refractivity contribution is -0.125. The molecule has 256 valence electrons. The van der Waals surface area contributed by atoms with Gasteiger partial charge in [0.05, 0.1) is 31.3 Å². The highest BCUT2D eigenvalue weighted by molar-refractivity contribution is 5.76. The molecule has 0 bridgehead atoms. The van der Waals surface area contributed by atoms with Crippen LogP contribution in [-0.4, -0.2) is 46.1 Å². The van der Waals surface area contributed by atoms with E-state index in [2.05, 4.69) is 31.3 Å². The summed E-state index contributed by atoms with van der Waals surface area (Å²) in [7, 11) is 0. The van der Waals surface area contributed by atoms with E-state index in [1.807, 2.05) is 0 Å². The van der Waals surface area contributed by atoms with Gasteiger partial charge in [0.25, 0.3) is 0 Å². The van der Waals surface area contributed by atoms with E-state index in [1.54, 1.807) is 0 Å². The number of hydrogen-bond donors (Lipinski definition) is 4. The normalized spacial score (nSPS) is 13.9. The molecule has 3 unspecified atom stereocenters. The van der Waals surface area contributed by atoms with E-state index in [4.69, 9.17) is 0 Å². The summed E-state index contributed by atoms with van der Waals surface area (Å²) in [6, 6.07) is -0.658. The summed E-state index contributed by atoms with van der Waals surface area (Å²) in [4.78, 5) is 12.4. The molecule has 0 aromatic carbocycles. The second-order valence-electron chi connectivity index (χ2n) is 13.2. The molecule has 0 aliphatic heterocycles. The van der Waals surface area contributed by atoms with Crippen molar-refractivity contribution in [2.75, 3.05) is 6.61 Å². The lowest BCUT2D eigenvalue weighted by Crippen LogP contribution is -2.46. The van der Waals surface area contributed by atoms with E-state index < -0.39 is 18.2 Å². The molecule has 0 radical (unpaired) electrons. The predicted molar refractivity (Wildman–Crippen MR) is 185 cm³/mol. The lowest BCUT2D eigenvalue weighted by atomic mass is 10.0. The molecule has 3 atom stereocenters. The Bertz CT molecular complexity index is 596. The first-order valence-electron chi connectivity index (χ1n) is 19.0. The minimum atomic E-state index is -0.748. The van der Waals surface area contributed by atoms with Gasteiger partial charge in [-0.2, -0.15) is 0 Å². The van der Waals surface area contributed by atoms with Gasteiger partial charge >= 0.3 is 0 Å². The van der Waals surface area contributed by atoms with Crippen LogP contribution in [0.15, 0.2) is 12.2 Å². The summed E-state index contributed by atoms with van der Waals surface area (Å²) in [6.07, 6.45) is 37.3. The van der Waals surface area contributed by atoms with E-state index in [9.17, 15) is 20.1 Å². The van der Waals surface area contributed by atoms with Crippen LogP contribution >= 0.6 is 0 Å². The number of hydrogen-bond acceptors (Lipinski definition) is 4. The van der Waals surface area contributed by atoms with Crippen LogP contribution in [0.4, 0.5) is 0 Å². The molecule has 0 spiro atoms. The number of aliphatic hydroxyl groups excluding tert-OH is 3. The minimum absolute atomic E-state index is 0.0282. The van der Waals surface area contributed by atoms with E-state index in [0.29, 0.717) is 12.8 Å². The van der Waals surface area contributed by atoms with E-state index in [0.717, 1.165) is 38.5 Å². The van der Waals surface area contributed by atoms with Gasteiger partial charge < -0.3 is 20.6 Å². The van der Waals surface area contributed by atoms with Gasteiger partial charge in [-0.05, 0) is 38.5 Å². The minimum Gasteiger partial charge on any atom is -0.394 e. The molecule has 5 nitrogen and oxygen atoms in total. The zero-order chi connectivity index (χ0) is 31.6. The van der Waals surface area contributed by atoms with Gasteiger partial charge in [-0.1, -0.05) is 167 Å². The van der Waals surface area contributed by atoms with Crippen molar-refractivity contribution in [1.29, 1.82) is 0 Å². The molecular weight excluding hydrogens is 534 g/mol. The summed E-state index contributed by atoms with van der Waals surface area (Å²) in [5.41, 5.74) is 0. The maximum Gasteiger partial charge on any atom is 0.222 e. The summed E-state index contributed by atoms with van der Waals surface area (Å²) in [5, 5.41) is 33.2. The quantitative estimate of drug-likeness (QED) is 0.0432. The Kier molecular flexibility index (Phi) is 33.3. The van der Waals surface area contributed by atoms with Crippen LogP contribution in [0.2, 0.25) is 0 Å². The van der Waals surface area contributed by atoms with Crippen LogP contribution in [0.5, 0.6) is 0 Å². The number of carbonyl (C=O) groups excluding carboxylic acids is 1. The molecule has 0 aromatic heterocycles. The Labute approximate surface area is 268 Å². The van der Waals surface area contributed by atoms with Gasteiger partial charge in [0.1, 0.15) is 0 Å². The number of rotatable bonds is 34. The smallest absolute Gasteiger partial charge is 0.222 e. The van der Waals surface area contributed by atoms with Crippen LogP contribution in [0.3, 0.4) is 0 Å². The molecule has 0 heterocycles. The number of amides is 1. The standard InChI is InChI=1S/C38H75NO4/c1-3-5-7-9-11-13-15-17-18-19-20-21-23-25-27-29-31-35(41)33-38(43)39-36(34-40)37(42)32-30-28-26-24-22-16-14-12-10-8-6-4-2/h20-21,35-37,40-42H,3-19,22-34H2,1-2H3,(H,39,43)/b21-20-. The SMILES string of the molecule is CCCCCCCCCCC/C=C\CCCCCC(O)CC(=O)NC(CO)C(O)CCCCCCCCCCCCCC. The summed E-state index contributed by atoms with van der Waals surface area (Å²) >= 11 is 0. The van der Waals surface area contributed by atoms with Crippen LogP contribution in [0, 0.1) is 0 Å². The van der Waals surface area contributed by atoms with Crippen molar-refractivity contribution in [3.8, 4) is 0 Å².